The van der Waals surface area contributed by atoms with Gasteiger partial charge in [0.15, 0.2) is 23.3 Å². The van der Waals surface area contributed by atoms with Gasteiger partial charge in [-0.1, -0.05) is 70.2 Å². The molecule has 1 unspecified atom stereocenters. The summed E-state index contributed by atoms with van der Waals surface area (Å²) in [5.74, 6) is -3.14. The summed E-state index contributed by atoms with van der Waals surface area (Å²) in [5.41, 5.74) is 3.62. The highest BCUT2D eigenvalue weighted by Gasteiger charge is 2.39. The van der Waals surface area contributed by atoms with Gasteiger partial charge in [-0.15, -0.1) is 0 Å². The average Bonchev–Trinajstić information content (AvgIpc) is 2.86. The fourth-order valence-corrected chi connectivity index (χ4v) is 5.64. The molecule has 1 saturated carbocycles. The van der Waals surface area contributed by atoms with Gasteiger partial charge < -0.3 is 0 Å². The predicted molar refractivity (Wildman–Crippen MR) is 126 cm³/mol. The summed E-state index contributed by atoms with van der Waals surface area (Å²) in [4.78, 5) is 8.52. The van der Waals surface area contributed by atoms with E-state index in [-0.39, 0.29) is 16.8 Å². The molecule has 0 bridgehead atoms. The fraction of sp³-hybridized carbons (Fsp3) is 0.429. The van der Waals surface area contributed by atoms with Gasteiger partial charge in [-0.3, -0.25) is 0 Å². The van der Waals surface area contributed by atoms with E-state index in [2.05, 4.69) is 48.1 Å². The van der Waals surface area contributed by atoms with Crippen LogP contribution >= 0.6 is 0 Å². The van der Waals surface area contributed by atoms with Crippen molar-refractivity contribution in [2.75, 3.05) is 0 Å². The Bertz CT molecular complexity index is 1050. The standard InChI is InChI=1S/C28H31F3N2/c1-3-8-22(4-2)28(13-6-5-7-14-28)23-11-9-19(10-12-23)21-17-32-27(33-18-21)20-15-24(29)26(31)25(30)16-20/h9-12,15-18,22H,3-8,13-14H2,1-2H3. The maximum absolute atomic E-state index is 13.6. The summed E-state index contributed by atoms with van der Waals surface area (Å²) in [6.07, 6.45) is 13.4. The van der Waals surface area contributed by atoms with Crippen LogP contribution in [0.4, 0.5) is 13.2 Å². The summed E-state index contributed by atoms with van der Waals surface area (Å²) in [6, 6.07) is 10.6. The normalized spacial score (nSPS) is 16.5. The summed E-state index contributed by atoms with van der Waals surface area (Å²) in [7, 11) is 0. The lowest BCUT2D eigenvalue weighted by atomic mass is 9.60. The first-order valence-electron chi connectivity index (χ1n) is 12.1. The number of nitrogens with zero attached hydrogens (tertiary/aromatic N) is 2. The number of hydrogen-bond acceptors (Lipinski definition) is 2. The Hall–Kier alpha value is -2.69. The SMILES string of the molecule is CCCC(CC)C1(c2ccc(-c3cnc(-c4cc(F)c(F)c(F)c4)nc3)cc2)CCCCC1. The molecule has 1 atom stereocenters. The monoisotopic (exact) mass is 452 g/mol. The Morgan fingerprint density at radius 3 is 1.97 bits per heavy atom. The van der Waals surface area contributed by atoms with Gasteiger partial charge in [0, 0.05) is 23.5 Å². The van der Waals surface area contributed by atoms with Crippen molar-refractivity contribution in [3.05, 3.63) is 71.8 Å². The van der Waals surface area contributed by atoms with Crippen LogP contribution in [-0.4, -0.2) is 9.97 Å². The van der Waals surface area contributed by atoms with Crippen molar-refractivity contribution in [2.45, 2.75) is 70.6 Å². The summed E-state index contributed by atoms with van der Waals surface area (Å²) in [5, 5.41) is 0. The Balaban J connectivity index is 1.60. The third-order valence-corrected chi connectivity index (χ3v) is 7.34. The quantitative estimate of drug-likeness (QED) is 0.337. The van der Waals surface area contributed by atoms with Crippen LogP contribution in [0, 0.1) is 23.4 Å². The fourth-order valence-electron chi connectivity index (χ4n) is 5.64. The van der Waals surface area contributed by atoms with E-state index in [0.717, 1.165) is 23.3 Å². The van der Waals surface area contributed by atoms with E-state index < -0.39 is 17.5 Å². The molecule has 1 aliphatic rings. The maximum Gasteiger partial charge on any atom is 0.194 e. The number of rotatable bonds is 7. The first kappa shape index (κ1) is 23.5. The molecule has 0 spiro atoms. The van der Waals surface area contributed by atoms with Crippen molar-refractivity contribution in [1.29, 1.82) is 0 Å². The van der Waals surface area contributed by atoms with Crippen LogP contribution in [0.5, 0.6) is 0 Å². The first-order chi connectivity index (χ1) is 16.0. The zero-order valence-electron chi connectivity index (χ0n) is 19.4. The van der Waals surface area contributed by atoms with E-state index in [1.807, 2.05) is 0 Å². The lowest BCUT2D eigenvalue weighted by Crippen LogP contribution is -2.37. The Labute approximate surface area is 194 Å². The molecular formula is C28H31F3N2. The smallest absolute Gasteiger partial charge is 0.194 e. The highest BCUT2D eigenvalue weighted by Crippen LogP contribution is 2.48. The van der Waals surface area contributed by atoms with Gasteiger partial charge in [0.2, 0.25) is 0 Å². The molecule has 5 heteroatoms. The molecule has 0 N–H and O–H groups in total. The molecule has 0 aliphatic heterocycles. The second-order valence-electron chi connectivity index (χ2n) is 9.24. The minimum atomic E-state index is -1.49. The van der Waals surface area contributed by atoms with Crippen molar-refractivity contribution < 1.29 is 13.2 Å². The van der Waals surface area contributed by atoms with Crippen molar-refractivity contribution in [3.63, 3.8) is 0 Å². The maximum atomic E-state index is 13.6. The van der Waals surface area contributed by atoms with Crippen molar-refractivity contribution in [2.24, 2.45) is 5.92 Å². The number of benzene rings is 2. The van der Waals surface area contributed by atoms with Crippen LogP contribution in [0.2, 0.25) is 0 Å². The van der Waals surface area contributed by atoms with Gasteiger partial charge in [-0.05, 0) is 53.9 Å². The lowest BCUT2D eigenvalue weighted by molar-refractivity contribution is 0.173. The van der Waals surface area contributed by atoms with E-state index in [4.69, 9.17) is 0 Å². The van der Waals surface area contributed by atoms with Crippen molar-refractivity contribution >= 4 is 0 Å². The Morgan fingerprint density at radius 2 is 1.42 bits per heavy atom. The molecule has 0 amide bonds. The summed E-state index contributed by atoms with van der Waals surface area (Å²) < 4.78 is 40.3. The van der Waals surface area contributed by atoms with Gasteiger partial charge in [0.25, 0.3) is 0 Å². The van der Waals surface area contributed by atoms with Crippen LogP contribution in [0.15, 0.2) is 48.8 Å². The minimum Gasteiger partial charge on any atom is -0.236 e. The van der Waals surface area contributed by atoms with Gasteiger partial charge in [-0.25, -0.2) is 23.1 Å². The number of halogens is 3. The molecule has 4 rings (SSSR count). The molecule has 1 heterocycles. The van der Waals surface area contributed by atoms with E-state index >= 15 is 0 Å². The molecule has 0 radical (unpaired) electrons. The van der Waals surface area contributed by atoms with Gasteiger partial charge >= 0.3 is 0 Å². The van der Waals surface area contributed by atoms with E-state index in [0.29, 0.717) is 5.92 Å². The average molecular weight is 453 g/mol. The van der Waals surface area contributed by atoms with Crippen LogP contribution in [0.3, 0.4) is 0 Å². The van der Waals surface area contributed by atoms with Gasteiger partial charge in [0.1, 0.15) is 0 Å². The largest absolute Gasteiger partial charge is 0.236 e. The van der Waals surface area contributed by atoms with E-state index in [1.165, 1.54) is 56.9 Å². The molecule has 2 aromatic carbocycles. The highest BCUT2D eigenvalue weighted by atomic mass is 19.2. The molecule has 33 heavy (non-hydrogen) atoms. The molecular weight excluding hydrogens is 421 g/mol. The minimum absolute atomic E-state index is 0.106. The zero-order valence-corrected chi connectivity index (χ0v) is 19.4. The second kappa shape index (κ2) is 10.1. The van der Waals surface area contributed by atoms with Crippen molar-refractivity contribution in [3.8, 4) is 22.5 Å². The predicted octanol–water partition coefficient (Wildman–Crippen LogP) is 8.26. The third kappa shape index (κ3) is 4.68. The molecule has 174 valence electrons. The van der Waals surface area contributed by atoms with Crippen LogP contribution in [0.1, 0.15) is 70.8 Å². The van der Waals surface area contributed by atoms with Gasteiger partial charge in [-0.2, -0.15) is 0 Å². The van der Waals surface area contributed by atoms with Crippen LogP contribution in [-0.2, 0) is 5.41 Å². The van der Waals surface area contributed by atoms with Crippen LogP contribution in [0.25, 0.3) is 22.5 Å². The number of aromatic nitrogens is 2. The molecule has 1 aliphatic carbocycles. The molecule has 1 aromatic heterocycles. The second-order valence-corrected chi connectivity index (χ2v) is 9.24. The first-order valence-corrected chi connectivity index (χ1v) is 12.1. The lowest BCUT2D eigenvalue weighted by Gasteiger charge is -2.44. The van der Waals surface area contributed by atoms with Crippen LogP contribution < -0.4 is 0 Å². The summed E-state index contributed by atoms with van der Waals surface area (Å²) >= 11 is 0. The number of hydrogen-bond donors (Lipinski definition) is 0. The molecule has 3 aromatic rings. The molecule has 2 nitrogen and oxygen atoms in total. The zero-order chi connectivity index (χ0) is 23.4. The summed E-state index contributed by atoms with van der Waals surface area (Å²) in [6.45, 7) is 4.60. The highest BCUT2D eigenvalue weighted by molar-refractivity contribution is 5.64. The third-order valence-electron chi connectivity index (χ3n) is 7.34. The topological polar surface area (TPSA) is 25.8 Å². The Morgan fingerprint density at radius 1 is 0.818 bits per heavy atom. The van der Waals surface area contributed by atoms with Crippen molar-refractivity contribution in [1.82, 2.24) is 9.97 Å². The Kier molecular flexibility index (Phi) is 7.16. The molecule has 0 saturated heterocycles. The molecule has 1 fully saturated rings. The van der Waals surface area contributed by atoms with Gasteiger partial charge in [0.05, 0.1) is 0 Å². The van der Waals surface area contributed by atoms with E-state index in [1.54, 1.807) is 12.4 Å². The van der Waals surface area contributed by atoms with E-state index in [9.17, 15) is 13.2 Å².